The predicted molar refractivity (Wildman–Crippen MR) is 137 cm³/mol. The fraction of sp³-hybridized carbons (Fsp3) is 0.214. The van der Waals surface area contributed by atoms with E-state index < -0.39 is 0 Å². The van der Waals surface area contributed by atoms with Crippen LogP contribution in [0.15, 0.2) is 83.7 Å². The zero-order valence-corrected chi connectivity index (χ0v) is 19.9. The topological polar surface area (TPSA) is 83.7 Å². The molecule has 3 aromatic carbocycles. The Morgan fingerprint density at radius 2 is 1.51 bits per heavy atom. The summed E-state index contributed by atoms with van der Waals surface area (Å²) in [5.41, 5.74) is 3.02. The number of benzene rings is 3. The van der Waals surface area contributed by atoms with Crippen LogP contribution in [0.2, 0.25) is 0 Å². The summed E-state index contributed by atoms with van der Waals surface area (Å²) >= 11 is 0. The molecule has 0 radical (unpaired) electrons. The molecule has 2 N–H and O–H groups in total. The molecule has 0 aliphatic carbocycles. The second-order valence-electron chi connectivity index (χ2n) is 8.22. The summed E-state index contributed by atoms with van der Waals surface area (Å²) in [6, 6.07) is 24.8. The average molecular weight is 472 g/mol. The third kappa shape index (κ3) is 6.00. The van der Waals surface area contributed by atoms with Gasteiger partial charge in [0.1, 0.15) is 0 Å². The van der Waals surface area contributed by atoms with E-state index in [0.717, 1.165) is 16.5 Å². The minimum atomic E-state index is -0.245. The highest BCUT2D eigenvalue weighted by atomic mass is 16.5. The predicted octanol–water partition coefficient (Wildman–Crippen LogP) is 4.50. The lowest BCUT2D eigenvalue weighted by Crippen LogP contribution is -2.41. The molecule has 4 aromatic rings. The van der Waals surface area contributed by atoms with E-state index in [2.05, 4.69) is 10.3 Å². The van der Waals surface area contributed by atoms with E-state index >= 15 is 0 Å². The fourth-order valence-corrected chi connectivity index (χ4v) is 3.95. The summed E-state index contributed by atoms with van der Waals surface area (Å²) in [5.74, 6) is 1.10. The normalized spacial score (nSPS) is 10.7. The van der Waals surface area contributed by atoms with Crippen LogP contribution in [0, 0.1) is 0 Å². The second kappa shape index (κ2) is 11.2. The maximum Gasteiger partial charge on any atom is 0.317 e. The summed E-state index contributed by atoms with van der Waals surface area (Å²) < 4.78 is 10.7. The van der Waals surface area contributed by atoms with Crippen LogP contribution in [-0.4, -0.2) is 36.7 Å². The van der Waals surface area contributed by atoms with Gasteiger partial charge in [-0.1, -0.05) is 60.7 Å². The number of rotatable bonds is 9. The maximum absolute atomic E-state index is 13.2. The molecule has 0 aliphatic heterocycles. The van der Waals surface area contributed by atoms with E-state index in [1.807, 2.05) is 66.7 Å². The number of hydrogen-bond donors (Lipinski definition) is 2. The molecule has 0 aliphatic rings. The molecule has 0 saturated carbocycles. The van der Waals surface area contributed by atoms with Crippen molar-refractivity contribution in [3.8, 4) is 11.5 Å². The fourth-order valence-electron chi connectivity index (χ4n) is 3.95. The lowest BCUT2D eigenvalue weighted by atomic mass is 10.1. The van der Waals surface area contributed by atoms with Crippen molar-refractivity contribution >= 4 is 16.9 Å². The Morgan fingerprint density at radius 3 is 2.17 bits per heavy atom. The van der Waals surface area contributed by atoms with Gasteiger partial charge in [0.2, 0.25) is 0 Å². The maximum atomic E-state index is 13.2. The Labute approximate surface area is 204 Å². The van der Waals surface area contributed by atoms with Gasteiger partial charge in [0, 0.05) is 30.1 Å². The number of fused-ring (bicyclic) bond motifs is 1. The van der Waals surface area contributed by atoms with E-state index in [1.165, 1.54) is 0 Å². The van der Waals surface area contributed by atoms with E-state index in [0.29, 0.717) is 42.1 Å². The van der Waals surface area contributed by atoms with Gasteiger partial charge in [-0.3, -0.25) is 4.79 Å². The number of amides is 2. The van der Waals surface area contributed by atoms with Crippen LogP contribution in [0.5, 0.6) is 11.5 Å². The number of hydrogen-bond acceptors (Lipinski definition) is 4. The second-order valence-corrected chi connectivity index (χ2v) is 8.22. The lowest BCUT2D eigenvalue weighted by Gasteiger charge is -2.23. The average Bonchev–Trinajstić information content (AvgIpc) is 2.90. The first-order valence-electron chi connectivity index (χ1n) is 11.5. The van der Waals surface area contributed by atoms with Crippen molar-refractivity contribution in [1.29, 1.82) is 0 Å². The van der Waals surface area contributed by atoms with Gasteiger partial charge in [-0.2, -0.15) is 0 Å². The van der Waals surface area contributed by atoms with E-state index in [1.54, 1.807) is 31.3 Å². The Morgan fingerprint density at radius 1 is 0.886 bits per heavy atom. The SMILES string of the molecule is COc1cc2cc(CN(CCc3ccccc3)C(=O)NCc3ccccc3)c(=O)[nH]c2cc1OC. The largest absolute Gasteiger partial charge is 0.493 e. The summed E-state index contributed by atoms with van der Waals surface area (Å²) in [6.07, 6.45) is 0.677. The molecule has 1 heterocycles. The number of aromatic amines is 1. The van der Waals surface area contributed by atoms with Crippen molar-refractivity contribution in [2.75, 3.05) is 20.8 Å². The van der Waals surface area contributed by atoms with Crippen molar-refractivity contribution in [2.24, 2.45) is 0 Å². The number of carbonyl (C=O) groups excluding carboxylic acids is 1. The Kier molecular flexibility index (Phi) is 7.67. The third-order valence-corrected chi connectivity index (χ3v) is 5.87. The van der Waals surface area contributed by atoms with Crippen LogP contribution in [0.25, 0.3) is 10.9 Å². The molecular formula is C28H29N3O4. The molecule has 0 spiro atoms. The number of methoxy groups -OCH3 is 2. The molecule has 35 heavy (non-hydrogen) atoms. The number of nitrogens with one attached hydrogen (secondary N) is 2. The van der Waals surface area contributed by atoms with Crippen LogP contribution >= 0.6 is 0 Å². The van der Waals surface area contributed by atoms with Gasteiger partial charge >= 0.3 is 6.03 Å². The van der Waals surface area contributed by atoms with E-state index in [9.17, 15) is 9.59 Å². The number of carbonyl (C=O) groups is 1. The van der Waals surface area contributed by atoms with Gasteiger partial charge in [-0.25, -0.2) is 4.79 Å². The first-order chi connectivity index (χ1) is 17.1. The number of aromatic nitrogens is 1. The molecular weight excluding hydrogens is 442 g/mol. The molecule has 4 rings (SSSR count). The molecule has 180 valence electrons. The molecule has 0 fully saturated rings. The quantitative estimate of drug-likeness (QED) is 0.377. The number of urea groups is 1. The number of nitrogens with zero attached hydrogens (tertiary/aromatic N) is 1. The van der Waals surface area contributed by atoms with Crippen molar-refractivity contribution in [1.82, 2.24) is 15.2 Å². The third-order valence-electron chi connectivity index (χ3n) is 5.87. The van der Waals surface area contributed by atoms with Crippen molar-refractivity contribution < 1.29 is 14.3 Å². The summed E-state index contributed by atoms with van der Waals surface area (Å²) in [7, 11) is 3.12. The van der Waals surface area contributed by atoms with Crippen LogP contribution in [-0.2, 0) is 19.5 Å². The van der Waals surface area contributed by atoms with Crippen LogP contribution in [0.3, 0.4) is 0 Å². The standard InChI is InChI=1S/C28H29N3O4/c1-34-25-16-22-15-23(27(32)30-24(22)17-26(25)35-2)19-31(14-13-20-9-5-3-6-10-20)28(33)29-18-21-11-7-4-8-12-21/h3-12,15-17H,13-14,18-19H2,1-2H3,(H,29,33)(H,30,32). The van der Waals surface area contributed by atoms with Crippen molar-refractivity contribution in [2.45, 2.75) is 19.5 Å². The van der Waals surface area contributed by atoms with Gasteiger partial charge in [-0.05, 0) is 29.7 Å². The molecule has 7 heteroatoms. The van der Waals surface area contributed by atoms with Gasteiger partial charge in [0.15, 0.2) is 11.5 Å². The molecule has 1 aromatic heterocycles. The minimum absolute atomic E-state index is 0.174. The Hall–Kier alpha value is -4.26. The number of ether oxygens (including phenoxy) is 2. The van der Waals surface area contributed by atoms with Gasteiger partial charge in [0.05, 0.1) is 26.3 Å². The first-order valence-corrected chi connectivity index (χ1v) is 11.5. The zero-order chi connectivity index (χ0) is 24.6. The summed E-state index contributed by atoms with van der Waals surface area (Å²) in [6.45, 7) is 1.05. The molecule has 0 saturated heterocycles. The zero-order valence-electron chi connectivity index (χ0n) is 19.9. The van der Waals surface area contributed by atoms with Gasteiger partial charge in [0.25, 0.3) is 5.56 Å². The smallest absolute Gasteiger partial charge is 0.317 e. The van der Waals surface area contributed by atoms with E-state index in [-0.39, 0.29) is 18.1 Å². The van der Waals surface area contributed by atoms with Gasteiger partial charge < -0.3 is 24.7 Å². The van der Waals surface area contributed by atoms with Crippen LogP contribution in [0.1, 0.15) is 16.7 Å². The number of H-pyrrole nitrogens is 1. The molecule has 0 unspecified atom stereocenters. The molecule has 7 nitrogen and oxygen atoms in total. The minimum Gasteiger partial charge on any atom is -0.493 e. The Bertz CT molecular complexity index is 1340. The van der Waals surface area contributed by atoms with Crippen LogP contribution < -0.4 is 20.3 Å². The highest BCUT2D eigenvalue weighted by Gasteiger charge is 2.17. The Balaban J connectivity index is 1.58. The lowest BCUT2D eigenvalue weighted by molar-refractivity contribution is 0.195. The van der Waals surface area contributed by atoms with Gasteiger partial charge in [-0.15, -0.1) is 0 Å². The highest BCUT2D eigenvalue weighted by molar-refractivity contribution is 5.83. The summed E-state index contributed by atoms with van der Waals surface area (Å²) in [5, 5.41) is 3.78. The molecule has 0 bridgehead atoms. The van der Waals surface area contributed by atoms with Crippen molar-refractivity contribution in [3.63, 3.8) is 0 Å². The van der Waals surface area contributed by atoms with Crippen LogP contribution in [0.4, 0.5) is 4.79 Å². The van der Waals surface area contributed by atoms with E-state index in [4.69, 9.17) is 9.47 Å². The monoisotopic (exact) mass is 471 g/mol. The highest BCUT2D eigenvalue weighted by Crippen LogP contribution is 2.31. The molecule has 0 atom stereocenters. The first kappa shape index (κ1) is 23.9. The van der Waals surface area contributed by atoms with Crippen molar-refractivity contribution in [3.05, 3.63) is 106 Å². The molecule has 2 amide bonds. The summed E-state index contributed by atoms with van der Waals surface area (Å²) in [4.78, 5) is 30.7. The number of pyridine rings is 1.